The number of methoxy groups -OCH3 is 2. The number of halogens is 1. The number of rotatable bonds is 8. The lowest BCUT2D eigenvalue weighted by Gasteiger charge is -2.20. The van der Waals surface area contributed by atoms with Crippen molar-refractivity contribution in [3.05, 3.63) is 41.2 Å². The standard InChI is InChI=1S/C17H19FN2O4S/c1-23-7-6-20(10-16(22)24-2)15(21)9-14-11-25-17(19-14)12-4-3-5-13(18)8-12/h3-5,8,11H,6-7,9-10H2,1-2H3. The van der Waals surface area contributed by atoms with E-state index in [1.807, 2.05) is 0 Å². The molecule has 0 aliphatic carbocycles. The van der Waals surface area contributed by atoms with Gasteiger partial charge in [0.05, 0.1) is 25.8 Å². The van der Waals surface area contributed by atoms with Crippen molar-refractivity contribution in [3.63, 3.8) is 0 Å². The third-order valence-electron chi connectivity index (χ3n) is 3.42. The molecular formula is C17H19FN2O4S. The number of hydrogen-bond acceptors (Lipinski definition) is 6. The smallest absolute Gasteiger partial charge is 0.325 e. The van der Waals surface area contributed by atoms with Crippen molar-refractivity contribution in [2.75, 3.05) is 33.9 Å². The maximum Gasteiger partial charge on any atom is 0.325 e. The molecule has 25 heavy (non-hydrogen) atoms. The Bertz CT molecular complexity index is 735. The maximum atomic E-state index is 13.3. The van der Waals surface area contributed by atoms with Crippen LogP contribution in [-0.2, 0) is 25.5 Å². The van der Waals surface area contributed by atoms with Crippen LogP contribution in [0.5, 0.6) is 0 Å². The number of ether oxygens (including phenoxy) is 2. The van der Waals surface area contributed by atoms with E-state index in [-0.39, 0.29) is 31.2 Å². The van der Waals surface area contributed by atoms with E-state index in [0.29, 0.717) is 22.9 Å². The van der Waals surface area contributed by atoms with Gasteiger partial charge in [-0.2, -0.15) is 0 Å². The number of aromatic nitrogens is 1. The summed E-state index contributed by atoms with van der Waals surface area (Å²) in [6, 6.07) is 6.13. The van der Waals surface area contributed by atoms with Crippen molar-refractivity contribution in [3.8, 4) is 10.6 Å². The minimum atomic E-state index is -0.497. The van der Waals surface area contributed by atoms with E-state index in [1.165, 1.54) is 42.6 Å². The Morgan fingerprint density at radius 3 is 2.80 bits per heavy atom. The molecule has 134 valence electrons. The predicted molar refractivity (Wildman–Crippen MR) is 91.7 cm³/mol. The summed E-state index contributed by atoms with van der Waals surface area (Å²) in [4.78, 5) is 29.6. The molecule has 1 aromatic heterocycles. The summed E-state index contributed by atoms with van der Waals surface area (Å²) in [5, 5.41) is 2.39. The van der Waals surface area contributed by atoms with Crippen molar-refractivity contribution < 1.29 is 23.5 Å². The van der Waals surface area contributed by atoms with Gasteiger partial charge in [-0.05, 0) is 12.1 Å². The van der Waals surface area contributed by atoms with Crippen LogP contribution in [0.3, 0.4) is 0 Å². The Hall–Kier alpha value is -2.32. The fourth-order valence-electron chi connectivity index (χ4n) is 2.12. The molecule has 0 aliphatic heterocycles. The van der Waals surface area contributed by atoms with Crippen LogP contribution in [0.2, 0.25) is 0 Å². The molecule has 0 saturated heterocycles. The molecule has 0 aliphatic rings. The summed E-state index contributed by atoms with van der Waals surface area (Å²) in [7, 11) is 2.79. The average molecular weight is 366 g/mol. The highest BCUT2D eigenvalue weighted by Crippen LogP contribution is 2.24. The van der Waals surface area contributed by atoms with Gasteiger partial charge in [-0.15, -0.1) is 11.3 Å². The molecule has 1 aromatic carbocycles. The SMILES string of the molecule is COCCN(CC(=O)OC)C(=O)Cc1csc(-c2cccc(F)c2)n1. The molecule has 0 radical (unpaired) electrons. The highest BCUT2D eigenvalue weighted by molar-refractivity contribution is 7.13. The van der Waals surface area contributed by atoms with E-state index < -0.39 is 5.97 Å². The molecule has 1 heterocycles. The van der Waals surface area contributed by atoms with E-state index >= 15 is 0 Å². The average Bonchev–Trinajstić information content (AvgIpc) is 3.06. The highest BCUT2D eigenvalue weighted by Gasteiger charge is 2.19. The molecule has 2 aromatic rings. The van der Waals surface area contributed by atoms with Gasteiger partial charge >= 0.3 is 5.97 Å². The lowest BCUT2D eigenvalue weighted by atomic mass is 10.2. The molecule has 0 atom stereocenters. The number of hydrogen-bond donors (Lipinski definition) is 0. The summed E-state index contributed by atoms with van der Waals surface area (Å²) in [6.07, 6.45) is 0.0481. The molecule has 8 heteroatoms. The second kappa shape index (κ2) is 9.24. The molecule has 6 nitrogen and oxygen atoms in total. The zero-order chi connectivity index (χ0) is 18.2. The Kier molecular flexibility index (Phi) is 7.03. The Labute approximate surface area is 149 Å². The van der Waals surface area contributed by atoms with Crippen molar-refractivity contribution in [1.82, 2.24) is 9.88 Å². The fraction of sp³-hybridized carbons (Fsp3) is 0.353. The second-order valence-corrected chi connectivity index (χ2v) is 6.07. The molecule has 0 N–H and O–H groups in total. The first-order chi connectivity index (χ1) is 12.0. The van der Waals surface area contributed by atoms with E-state index in [1.54, 1.807) is 17.5 Å². The number of thiazole rings is 1. The number of carbonyl (C=O) groups excluding carboxylic acids is 2. The van der Waals surface area contributed by atoms with Crippen LogP contribution < -0.4 is 0 Å². The van der Waals surface area contributed by atoms with Gasteiger partial charge in [0.25, 0.3) is 0 Å². The van der Waals surface area contributed by atoms with E-state index in [2.05, 4.69) is 9.72 Å². The Morgan fingerprint density at radius 1 is 1.32 bits per heavy atom. The summed E-state index contributed by atoms with van der Waals surface area (Å²) in [5.41, 5.74) is 1.23. The molecule has 0 bridgehead atoms. The van der Waals surface area contributed by atoms with Gasteiger partial charge < -0.3 is 14.4 Å². The summed E-state index contributed by atoms with van der Waals surface area (Å²) in [6.45, 7) is 0.458. The molecule has 0 spiro atoms. The monoisotopic (exact) mass is 366 g/mol. The number of nitrogens with zero attached hydrogens (tertiary/aromatic N) is 2. The molecule has 0 saturated carbocycles. The summed E-state index contributed by atoms with van der Waals surface area (Å²) < 4.78 is 22.9. The normalized spacial score (nSPS) is 10.5. The largest absolute Gasteiger partial charge is 0.468 e. The minimum Gasteiger partial charge on any atom is -0.468 e. The van der Waals surface area contributed by atoms with Crippen LogP contribution in [0, 0.1) is 5.82 Å². The number of amides is 1. The first-order valence-electron chi connectivity index (χ1n) is 7.57. The highest BCUT2D eigenvalue weighted by atomic mass is 32.1. The van der Waals surface area contributed by atoms with Crippen LogP contribution >= 0.6 is 11.3 Å². The molecule has 0 fully saturated rings. The van der Waals surface area contributed by atoms with Gasteiger partial charge in [-0.1, -0.05) is 12.1 Å². The van der Waals surface area contributed by atoms with Gasteiger partial charge in [-0.3, -0.25) is 9.59 Å². The molecule has 1 amide bonds. The molecule has 2 rings (SSSR count). The first-order valence-corrected chi connectivity index (χ1v) is 8.45. The van der Waals surface area contributed by atoms with Crippen molar-refractivity contribution in [1.29, 1.82) is 0 Å². The van der Waals surface area contributed by atoms with E-state index in [4.69, 9.17) is 4.74 Å². The lowest BCUT2D eigenvalue weighted by molar-refractivity contribution is -0.147. The van der Waals surface area contributed by atoms with Gasteiger partial charge in [0, 0.05) is 24.6 Å². The van der Waals surface area contributed by atoms with Crippen molar-refractivity contribution >= 4 is 23.2 Å². The Balaban J connectivity index is 2.06. The van der Waals surface area contributed by atoms with Crippen LogP contribution in [0.1, 0.15) is 5.69 Å². The quantitative estimate of drug-likeness (QED) is 0.670. The van der Waals surface area contributed by atoms with Gasteiger partial charge in [0.15, 0.2) is 0 Å². The van der Waals surface area contributed by atoms with Crippen molar-refractivity contribution in [2.45, 2.75) is 6.42 Å². The van der Waals surface area contributed by atoms with Gasteiger partial charge in [0.2, 0.25) is 5.91 Å². The zero-order valence-electron chi connectivity index (χ0n) is 14.0. The first kappa shape index (κ1) is 19.0. The summed E-state index contributed by atoms with van der Waals surface area (Å²) in [5.74, 6) is -1.09. The Morgan fingerprint density at radius 2 is 2.12 bits per heavy atom. The van der Waals surface area contributed by atoms with Crippen LogP contribution in [0.15, 0.2) is 29.6 Å². The van der Waals surface area contributed by atoms with Crippen LogP contribution in [0.25, 0.3) is 10.6 Å². The summed E-state index contributed by atoms with van der Waals surface area (Å²) >= 11 is 1.34. The second-order valence-electron chi connectivity index (χ2n) is 5.22. The van der Waals surface area contributed by atoms with E-state index in [0.717, 1.165) is 0 Å². The van der Waals surface area contributed by atoms with Gasteiger partial charge in [-0.25, -0.2) is 9.37 Å². The van der Waals surface area contributed by atoms with Gasteiger partial charge in [0.1, 0.15) is 17.4 Å². The topological polar surface area (TPSA) is 68.7 Å². The third kappa shape index (κ3) is 5.61. The third-order valence-corrected chi connectivity index (χ3v) is 4.36. The lowest BCUT2D eigenvalue weighted by Crippen LogP contribution is -2.39. The van der Waals surface area contributed by atoms with Crippen LogP contribution in [0.4, 0.5) is 4.39 Å². The number of carbonyl (C=O) groups is 2. The molecule has 0 unspecified atom stereocenters. The fourth-order valence-corrected chi connectivity index (χ4v) is 2.94. The number of esters is 1. The predicted octanol–water partition coefficient (Wildman–Crippen LogP) is 2.14. The van der Waals surface area contributed by atoms with Crippen molar-refractivity contribution in [2.24, 2.45) is 0 Å². The maximum absolute atomic E-state index is 13.3. The van der Waals surface area contributed by atoms with Crippen LogP contribution in [-0.4, -0.2) is 55.7 Å². The zero-order valence-corrected chi connectivity index (χ0v) is 14.8. The number of benzene rings is 1. The van der Waals surface area contributed by atoms with E-state index in [9.17, 15) is 14.0 Å². The minimum absolute atomic E-state index is 0.0481. The molecular weight excluding hydrogens is 347 g/mol.